The van der Waals surface area contributed by atoms with E-state index in [0.29, 0.717) is 25.6 Å². The van der Waals surface area contributed by atoms with Crippen molar-refractivity contribution >= 4 is 10.0 Å². The molecule has 0 saturated carbocycles. The van der Waals surface area contributed by atoms with Crippen molar-refractivity contribution in [1.82, 2.24) is 9.62 Å². The van der Waals surface area contributed by atoms with Crippen LogP contribution in [0.15, 0.2) is 0 Å². The minimum atomic E-state index is -3.18. The lowest BCUT2D eigenvalue weighted by molar-refractivity contribution is 0.171. The number of hydrogen-bond acceptors (Lipinski definition) is 4. The minimum Gasteiger partial charge on any atom is -0.383 e. The second-order valence-corrected chi connectivity index (χ2v) is 7.02. The second-order valence-electron chi connectivity index (χ2n) is 4.98. The maximum absolute atomic E-state index is 12.2. The van der Waals surface area contributed by atoms with Crippen LogP contribution in [0.2, 0.25) is 0 Å². The highest BCUT2D eigenvalue weighted by atomic mass is 32.2. The fourth-order valence-electron chi connectivity index (χ4n) is 1.66. The summed E-state index contributed by atoms with van der Waals surface area (Å²) < 4.78 is 30.8. The van der Waals surface area contributed by atoms with Gasteiger partial charge in [0.1, 0.15) is 0 Å². The average Bonchev–Trinajstić information content (AvgIpc) is 2.24. The van der Waals surface area contributed by atoms with Gasteiger partial charge in [-0.05, 0) is 26.8 Å². The molecule has 0 aliphatic rings. The lowest BCUT2D eigenvalue weighted by Crippen LogP contribution is -2.41. The first kappa shape index (κ1) is 17.8. The Bertz CT molecular complexity index is 302. The Morgan fingerprint density at radius 1 is 1.22 bits per heavy atom. The predicted octanol–water partition coefficient (Wildman–Crippen LogP) is 1.06. The van der Waals surface area contributed by atoms with E-state index < -0.39 is 10.0 Å². The van der Waals surface area contributed by atoms with E-state index >= 15 is 0 Å². The van der Waals surface area contributed by atoms with E-state index in [1.54, 1.807) is 7.11 Å². The van der Waals surface area contributed by atoms with Gasteiger partial charge in [0, 0.05) is 25.7 Å². The molecule has 5 nitrogen and oxygen atoms in total. The van der Waals surface area contributed by atoms with Crippen LogP contribution in [0.3, 0.4) is 0 Å². The van der Waals surface area contributed by atoms with Gasteiger partial charge in [-0.25, -0.2) is 8.42 Å². The van der Waals surface area contributed by atoms with Crippen LogP contribution in [0.5, 0.6) is 0 Å². The van der Waals surface area contributed by atoms with Crippen molar-refractivity contribution in [1.29, 1.82) is 0 Å². The van der Waals surface area contributed by atoms with Crippen molar-refractivity contribution < 1.29 is 13.2 Å². The number of hydrogen-bond donors (Lipinski definition) is 1. The fraction of sp³-hybridized carbons (Fsp3) is 1.00. The second kappa shape index (κ2) is 8.85. The Balaban J connectivity index is 4.28. The number of nitrogens with one attached hydrogen (secondary N) is 1. The largest absolute Gasteiger partial charge is 0.383 e. The van der Waals surface area contributed by atoms with Gasteiger partial charge in [-0.15, -0.1) is 0 Å². The Morgan fingerprint density at radius 3 is 2.28 bits per heavy atom. The molecule has 0 aromatic carbocycles. The van der Waals surface area contributed by atoms with E-state index in [4.69, 9.17) is 4.74 Å². The highest BCUT2D eigenvalue weighted by Crippen LogP contribution is 2.08. The van der Waals surface area contributed by atoms with Crippen molar-refractivity contribution in [3.63, 3.8) is 0 Å². The minimum absolute atomic E-state index is 0.0248. The van der Waals surface area contributed by atoms with Crippen molar-refractivity contribution in [3.05, 3.63) is 0 Å². The van der Waals surface area contributed by atoms with Crippen molar-refractivity contribution in [3.8, 4) is 0 Å². The molecule has 0 fully saturated rings. The van der Waals surface area contributed by atoms with Gasteiger partial charge in [-0.1, -0.05) is 13.8 Å². The maximum atomic E-state index is 12.2. The Morgan fingerprint density at radius 2 is 1.83 bits per heavy atom. The van der Waals surface area contributed by atoms with Gasteiger partial charge in [0.15, 0.2) is 0 Å². The Labute approximate surface area is 112 Å². The average molecular weight is 280 g/mol. The quantitative estimate of drug-likeness (QED) is 0.608. The first-order chi connectivity index (χ1) is 8.31. The molecule has 0 aromatic rings. The van der Waals surface area contributed by atoms with Gasteiger partial charge < -0.3 is 10.1 Å². The van der Waals surface area contributed by atoms with Gasteiger partial charge in [-0.3, -0.25) is 0 Å². The third kappa shape index (κ3) is 7.31. The monoisotopic (exact) mass is 280 g/mol. The normalized spacial score (nSPS) is 12.9. The standard InChI is InChI=1S/C12H28N2O3S/c1-11(2)13-7-6-10-18(15,16)14(12(3)4)8-9-17-5/h11-13H,6-10H2,1-5H3. The Hall–Kier alpha value is -0.170. The summed E-state index contributed by atoms with van der Waals surface area (Å²) in [7, 11) is -1.60. The molecule has 0 rings (SSSR count). The summed E-state index contributed by atoms with van der Waals surface area (Å²) in [5.74, 6) is 0.189. The molecule has 0 saturated heterocycles. The van der Waals surface area contributed by atoms with E-state index in [0.717, 1.165) is 6.54 Å². The number of sulfonamides is 1. The van der Waals surface area contributed by atoms with Gasteiger partial charge in [0.2, 0.25) is 10.0 Å². The molecule has 0 unspecified atom stereocenters. The van der Waals surface area contributed by atoms with Crippen molar-refractivity contribution in [2.75, 3.05) is 32.6 Å². The number of rotatable bonds is 10. The van der Waals surface area contributed by atoms with Gasteiger partial charge in [0.05, 0.1) is 12.4 Å². The summed E-state index contributed by atoms with van der Waals surface area (Å²) in [6.07, 6.45) is 0.636. The molecule has 1 N–H and O–H groups in total. The van der Waals surface area contributed by atoms with Crippen LogP contribution in [0.25, 0.3) is 0 Å². The fourth-order valence-corrected chi connectivity index (χ4v) is 3.40. The van der Waals surface area contributed by atoms with Crippen LogP contribution in [-0.4, -0.2) is 57.4 Å². The van der Waals surface area contributed by atoms with Crippen LogP contribution in [-0.2, 0) is 14.8 Å². The summed E-state index contributed by atoms with van der Waals surface area (Å²) in [6, 6.07) is 0.366. The van der Waals surface area contributed by atoms with E-state index in [1.807, 2.05) is 27.7 Å². The zero-order chi connectivity index (χ0) is 14.2. The molecule has 0 spiro atoms. The maximum Gasteiger partial charge on any atom is 0.214 e. The summed E-state index contributed by atoms with van der Waals surface area (Å²) in [4.78, 5) is 0. The van der Waals surface area contributed by atoms with Crippen molar-refractivity contribution in [2.24, 2.45) is 0 Å². The summed E-state index contributed by atoms with van der Waals surface area (Å²) in [5, 5.41) is 3.22. The van der Waals surface area contributed by atoms with Crippen LogP contribution in [0.4, 0.5) is 0 Å². The van der Waals surface area contributed by atoms with Crippen LogP contribution in [0.1, 0.15) is 34.1 Å². The number of methoxy groups -OCH3 is 1. The van der Waals surface area contributed by atoms with Gasteiger partial charge in [0.25, 0.3) is 0 Å². The molecule has 6 heteroatoms. The van der Waals surface area contributed by atoms with Gasteiger partial charge in [-0.2, -0.15) is 4.31 Å². The molecule has 0 bridgehead atoms. The molecule has 18 heavy (non-hydrogen) atoms. The van der Waals surface area contributed by atoms with Gasteiger partial charge >= 0.3 is 0 Å². The molecule has 0 atom stereocenters. The molecule has 0 radical (unpaired) electrons. The third-order valence-electron chi connectivity index (χ3n) is 2.58. The summed E-state index contributed by atoms with van der Waals surface area (Å²) in [6.45, 7) is 9.46. The predicted molar refractivity (Wildman–Crippen MR) is 75.3 cm³/mol. The first-order valence-electron chi connectivity index (χ1n) is 6.53. The lowest BCUT2D eigenvalue weighted by Gasteiger charge is -2.25. The molecule has 110 valence electrons. The zero-order valence-corrected chi connectivity index (χ0v) is 13.1. The zero-order valence-electron chi connectivity index (χ0n) is 12.3. The SMILES string of the molecule is COCCN(C(C)C)S(=O)(=O)CCCNC(C)C. The summed E-state index contributed by atoms with van der Waals surface area (Å²) >= 11 is 0. The number of nitrogens with zero attached hydrogens (tertiary/aromatic N) is 1. The van der Waals surface area contributed by atoms with E-state index in [1.165, 1.54) is 4.31 Å². The number of ether oxygens (including phenoxy) is 1. The van der Waals surface area contributed by atoms with E-state index in [-0.39, 0.29) is 11.8 Å². The van der Waals surface area contributed by atoms with E-state index in [2.05, 4.69) is 5.32 Å². The van der Waals surface area contributed by atoms with Crippen LogP contribution < -0.4 is 5.32 Å². The first-order valence-corrected chi connectivity index (χ1v) is 8.14. The summed E-state index contributed by atoms with van der Waals surface area (Å²) in [5.41, 5.74) is 0. The topological polar surface area (TPSA) is 58.6 Å². The highest BCUT2D eigenvalue weighted by molar-refractivity contribution is 7.89. The van der Waals surface area contributed by atoms with Crippen LogP contribution >= 0.6 is 0 Å². The Kier molecular flexibility index (Phi) is 8.77. The van der Waals surface area contributed by atoms with E-state index in [9.17, 15) is 8.42 Å². The van der Waals surface area contributed by atoms with Crippen molar-refractivity contribution in [2.45, 2.75) is 46.2 Å². The molecular formula is C12H28N2O3S. The highest BCUT2D eigenvalue weighted by Gasteiger charge is 2.23. The smallest absolute Gasteiger partial charge is 0.214 e. The molecule has 0 aliphatic carbocycles. The molecule has 0 amide bonds. The third-order valence-corrected chi connectivity index (χ3v) is 4.70. The molecule has 0 aromatic heterocycles. The molecule has 0 aliphatic heterocycles. The molecule has 0 heterocycles. The van der Waals surface area contributed by atoms with Crippen LogP contribution in [0, 0.1) is 0 Å². The lowest BCUT2D eigenvalue weighted by atomic mass is 10.4. The molecular weight excluding hydrogens is 252 g/mol.